The lowest BCUT2D eigenvalue weighted by Crippen LogP contribution is -2.38. The molecule has 1 N–H and O–H groups in total. The number of hydrogen-bond acceptors (Lipinski definition) is 4. The van der Waals surface area contributed by atoms with Gasteiger partial charge in [-0.1, -0.05) is 0 Å². The Bertz CT molecular complexity index is 595. The molecule has 1 aromatic carbocycles. The van der Waals surface area contributed by atoms with E-state index in [0.717, 1.165) is 5.56 Å². The van der Waals surface area contributed by atoms with Crippen LogP contribution >= 0.6 is 0 Å². The van der Waals surface area contributed by atoms with Crippen LogP contribution in [0.4, 0.5) is 13.2 Å². The summed E-state index contributed by atoms with van der Waals surface area (Å²) < 4.78 is 51.3. The molecule has 0 aliphatic rings. The predicted molar refractivity (Wildman–Crippen MR) is 98.5 cm³/mol. The first-order valence-corrected chi connectivity index (χ1v) is 8.65. The third kappa shape index (κ3) is 8.85. The largest absolute Gasteiger partial charge is 0.497 e. The van der Waals surface area contributed by atoms with Gasteiger partial charge in [0.15, 0.2) is 5.96 Å². The molecule has 0 saturated heterocycles. The fourth-order valence-corrected chi connectivity index (χ4v) is 2.32. The number of benzene rings is 1. The molecule has 27 heavy (non-hydrogen) atoms. The lowest BCUT2D eigenvalue weighted by Gasteiger charge is -2.23. The highest BCUT2D eigenvalue weighted by Gasteiger charge is 2.27. The van der Waals surface area contributed by atoms with Crippen LogP contribution in [0.15, 0.2) is 23.2 Å². The quantitative estimate of drug-likeness (QED) is 0.377. The van der Waals surface area contributed by atoms with Crippen molar-refractivity contribution in [3.63, 3.8) is 0 Å². The summed E-state index contributed by atoms with van der Waals surface area (Å²) >= 11 is 0. The van der Waals surface area contributed by atoms with Gasteiger partial charge in [0, 0.05) is 44.9 Å². The van der Waals surface area contributed by atoms with Gasteiger partial charge >= 0.3 is 6.18 Å². The molecule has 9 heteroatoms. The maximum Gasteiger partial charge on any atom is 0.411 e. The number of nitrogens with one attached hydrogen (secondary N) is 1. The molecule has 0 aliphatic heterocycles. The Labute approximate surface area is 158 Å². The van der Waals surface area contributed by atoms with Gasteiger partial charge in [-0.3, -0.25) is 4.99 Å². The number of aliphatic imine (C=N–C) groups is 1. The van der Waals surface area contributed by atoms with E-state index in [4.69, 9.17) is 9.47 Å². The molecule has 6 nitrogen and oxygen atoms in total. The zero-order chi connectivity index (χ0) is 20.3. The molecule has 0 aliphatic carbocycles. The molecule has 0 bridgehead atoms. The maximum atomic E-state index is 12.0. The molecule has 1 aromatic rings. The van der Waals surface area contributed by atoms with Gasteiger partial charge in [-0.05, 0) is 25.5 Å². The second-order valence-electron chi connectivity index (χ2n) is 5.79. The topological polar surface area (TPSA) is 55.3 Å². The number of hydrogen-bond donors (Lipinski definition) is 1. The summed E-state index contributed by atoms with van der Waals surface area (Å²) in [4.78, 5) is 6.36. The number of ether oxygens (including phenoxy) is 3. The minimum absolute atomic E-state index is 0.0123. The van der Waals surface area contributed by atoms with E-state index in [1.165, 1.54) is 0 Å². The van der Waals surface area contributed by atoms with Gasteiger partial charge in [0.2, 0.25) is 0 Å². The van der Waals surface area contributed by atoms with E-state index < -0.39 is 12.8 Å². The molecule has 0 spiro atoms. The van der Waals surface area contributed by atoms with Crippen molar-refractivity contribution >= 4 is 5.96 Å². The highest BCUT2D eigenvalue weighted by atomic mass is 19.4. The molecule has 0 radical (unpaired) electrons. The van der Waals surface area contributed by atoms with E-state index in [2.05, 4.69) is 15.0 Å². The monoisotopic (exact) mass is 391 g/mol. The smallest absolute Gasteiger partial charge is 0.411 e. The van der Waals surface area contributed by atoms with Crippen molar-refractivity contribution in [3.05, 3.63) is 23.8 Å². The van der Waals surface area contributed by atoms with Gasteiger partial charge in [-0.25, -0.2) is 0 Å². The Morgan fingerprint density at radius 3 is 2.56 bits per heavy atom. The predicted octanol–water partition coefficient (Wildman–Crippen LogP) is 3.07. The van der Waals surface area contributed by atoms with Crippen molar-refractivity contribution in [1.82, 2.24) is 10.2 Å². The second-order valence-corrected chi connectivity index (χ2v) is 5.79. The lowest BCUT2D eigenvalue weighted by molar-refractivity contribution is -0.173. The Hall–Kier alpha value is -2.16. The molecule has 154 valence electrons. The van der Waals surface area contributed by atoms with Crippen molar-refractivity contribution in [2.75, 3.05) is 47.6 Å². The third-order valence-electron chi connectivity index (χ3n) is 3.57. The zero-order valence-corrected chi connectivity index (χ0v) is 16.2. The minimum Gasteiger partial charge on any atom is -0.497 e. The number of halogens is 3. The molecule has 0 fully saturated rings. The first-order valence-electron chi connectivity index (χ1n) is 8.65. The molecule has 0 saturated carbocycles. The molecular weight excluding hydrogens is 363 g/mol. The highest BCUT2D eigenvalue weighted by molar-refractivity contribution is 5.79. The summed E-state index contributed by atoms with van der Waals surface area (Å²) in [5, 5.41) is 3.17. The van der Waals surface area contributed by atoms with Crippen LogP contribution in [0.25, 0.3) is 0 Å². The van der Waals surface area contributed by atoms with Gasteiger partial charge in [0.05, 0.1) is 14.2 Å². The maximum absolute atomic E-state index is 12.0. The molecule has 0 amide bonds. The first-order chi connectivity index (χ1) is 12.8. The van der Waals surface area contributed by atoms with Gasteiger partial charge in [-0.15, -0.1) is 0 Å². The Kier molecular flexibility index (Phi) is 9.77. The van der Waals surface area contributed by atoms with E-state index in [1.54, 1.807) is 14.2 Å². The molecular formula is C18H28F3N3O3. The highest BCUT2D eigenvalue weighted by Crippen LogP contribution is 2.25. The van der Waals surface area contributed by atoms with Crippen LogP contribution in [-0.4, -0.2) is 64.6 Å². The van der Waals surface area contributed by atoms with Crippen molar-refractivity contribution in [2.45, 2.75) is 26.1 Å². The van der Waals surface area contributed by atoms with Gasteiger partial charge in [-0.2, -0.15) is 13.2 Å². The second kappa shape index (κ2) is 11.5. The van der Waals surface area contributed by atoms with Crippen LogP contribution in [0.5, 0.6) is 11.5 Å². The van der Waals surface area contributed by atoms with Gasteiger partial charge in [0.25, 0.3) is 0 Å². The van der Waals surface area contributed by atoms with Crippen LogP contribution in [0.3, 0.4) is 0 Å². The SMILES string of the molecule is CCNC(=NCCCOCC(F)(F)F)N(C)Cc1ccc(OC)cc1OC. The van der Waals surface area contributed by atoms with E-state index in [0.29, 0.717) is 43.5 Å². The summed E-state index contributed by atoms with van der Waals surface area (Å²) in [5.41, 5.74) is 0.958. The van der Waals surface area contributed by atoms with Crippen molar-refractivity contribution in [3.8, 4) is 11.5 Å². The van der Waals surface area contributed by atoms with Gasteiger partial charge in [0.1, 0.15) is 18.1 Å². The van der Waals surface area contributed by atoms with Crippen LogP contribution in [-0.2, 0) is 11.3 Å². The van der Waals surface area contributed by atoms with Crippen molar-refractivity contribution in [1.29, 1.82) is 0 Å². The fraction of sp³-hybridized carbons (Fsp3) is 0.611. The van der Waals surface area contributed by atoms with E-state index >= 15 is 0 Å². The number of nitrogens with zero attached hydrogens (tertiary/aromatic N) is 2. The molecule has 0 heterocycles. The summed E-state index contributed by atoms with van der Waals surface area (Å²) in [6, 6.07) is 5.59. The summed E-state index contributed by atoms with van der Waals surface area (Å²) in [5.74, 6) is 2.07. The summed E-state index contributed by atoms with van der Waals surface area (Å²) in [7, 11) is 5.07. The lowest BCUT2D eigenvalue weighted by atomic mass is 10.2. The van der Waals surface area contributed by atoms with Crippen molar-refractivity contribution in [2.24, 2.45) is 4.99 Å². The molecule has 0 aromatic heterocycles. The zero-order valence-electron chi connectivity index (χ0n) is 16.2. The Balaban J connectivity index is 2.63. The van der Waals surface area contributed by atoms with E-state index in [9.17, 15) is 13.2 Å². The summed E-state index contributed by atoms with van der Waals surface area (Å²) in [6.45, 7) is 2.32. The molecule has 0 unspecified atom stereocenters. The normalized spacial score (nSPS) is 12.0. The molecule has 0 atom stereocenters. The van der Waals surface area contributed by atoms with E-state index in [1.807, 2.05) is 37.1 Å². The fourth-order valence-electron chi connectivity index (χ4n) is 2.32. The van der Waals surface area contributed by atoms with Crippen LogP contribution in [0.1, 0.15) is 18.9 Å². The number of methoxy groups -OCH3 is 2. The van der Waals surface area contributed by atoms with E-state index in [-0.39, 0.29) is 6.61 Å². The molecule has 1 rings (SSSR count). The third-order valence-corrected chi connectivity index (χ3v) is 3.57. The minimum atomic E-state index is -4.30. The first kappa shape index (κ1) is 22.9. The van der Waals surface area contributed by atoms with Crippen molar-refractivity contribution < 1.29 is 27.4 Å². The number of rotatable bonds is 10. The van der Waals surface area contributed by atoms with Gasteiger partial charge < -0.3 is 24.4 Å². The standard InChI is InChI=1S/C18H28F3N3O3/c1-5-22-17(23-9-6-10-27-13-18(19,20)21)24(2)12-14-7-8-15(25-3)11-16(14)26-4/h7-8,11H,5-6,9-10,12-13H2,1-4H3,(H,22,23). The van der Waals surface area contributed by atoms with Crippen LogP contribution < -0.4 is 14.8 Å². The Morgan fingerprint density at radius 2 is 1.96 bits per heavy atom. The van der Waals surface area contributed by atoms with Crippen LogP contribution in [0.2, 0.25) is 0 Å². The Morgan fingerprint density at radius 1 is 1.22 bits per heavy atom. The summed E-state index contributed by atoms with van der Waals surface area (Å²) in [6.07, 6.45) is -3.89. The number of alkyl halides is 3. The average Bonchev–Trinajstić information content (AvgIpc) is 2.62. The average molecular weight is 391 g/mol. The van der Waals surface area contributed by atoms with Crippen LogP contribution in [0, 0.1) is 0 Å². The number of guanidine groups is 1.